The van der Waals surface area contributed by atoms with Gasteiger partial charge in [-0.3, -0.25) is 19.5 Å². The first kappa shape index (κ1) is 27.5. The van der Waals surface area contributed by atoms with Crippen LogP contribution >= 0.6 is 58.2 Å². The number of carbonyl (C=O) groups is 3. The molecule has 3 atom stereocenters. The zero-order valence-corrected chi connectivity index (χ0v) is 23.0. The second-order valence-corrected chi connectivity index (χ2v) is 12.7. The Morgan fingerprint density at radius 1 is 1.46 bits per heavy atom. The Hall–Kier alpha value is -2.50. The summed E-state index contributed by atoms with van der Waals surface area (Å²) < 4.78 is 0.0411. The number of carboxylic acids is 1. The second kappa shape index (κ2) is 11.5. The van der Waals surface area contributed by atoms with E-state index in [2.05, 4.69) is 20.4 Å². The Labute approximate surface area is 232 Å². The second-order valence-electron chi connectivity index (χ2n) is 7.45. The van der Waals surface area contributed by atoms with Crippen molar-refractivity contribution in [2.45, 2.75) is 28.6 Å². The monoisotopic (exact) mass is 601 g/mol. The third kappa shape index (κ3) is 5.39. The number of carboxylic acid groups (broad SMARTS) is 1. The standard InChI is InChI=1S/C20H20ClN7O5S4/c1-2-34-15(22)7-5-24-4-3-8(7)36-9-6-35-18-12(17(30)28(18)13(9)19(31)32)25-16(29)11(27-33)10-14(21)37-20(23)26-10/h3-5,12,15,18,33H,2,6,22H2,1H3,(H2,23,26)(H,25,29)(H,31,32)/b27-11-/t12-,15?,18+/m1/s1. The van der Waals surface area contributed by atoms with E-state index in [1.807, 2.05) is 6.92 Å². The van der Waals surface area contributed by atoms with Crippen molar-refractivity contribution in [2.24, 2.45) is 10.9 Å². The molecule has 0 radical (unpaired) electrons. The maximum absolute atomic E-state index is 13.0. The van der Waals surface area contributed by atoms with Crippen LogP contribution in [0.15, 0.2) is 39.1 Å². The largest absolute Gasteiger partial charge is 0.477 e. The van der Waals surface area contributed by atoms with Crippen LogP contribution in [0.1, 0.15) is 23.6 Å². The molecule has 37 heavy (non-hydrogen) atoms. The summed E-state index contributed by atoms with van der Waals surface area (Å²) in [7, 11) is 0. The predicted octanol–water partition coefficient (Wildman–Crippen LogP) is 2.15. The molecule has 2 aliphatic rings. The molecule has 4 rings (SSSR count). The molecule has 12 nitrogen and oxygen atoms in total. The molecule has 2 aromatic rings. The third-order valence-electron chi connectivity index (χ3n) is 5.26. The normalized spacial score (nSPS) is 20.4. The SMILES string of the molecule is CCSC(N)c1cnccc1SC1=C(C(=O)O)N2C(=O)[C@@H](NC(=O)/C(=N\O)c3nc(N)sc3Cl)[C@@H]2SC1. The quantitative estimate of drug-likeness (QED) is 0.0924. The van der Waals surface area contributed by atoms with Crippen LogP contribution in [-0.4, -0.2) is 71.6 Å². The molecule has 0 bridgehead atoms. The number of oxime groups is 1. The molecular weight excluding hydrogens is 582 g/mol. The number of halogens is 1. The van der Waals surface area contributed by atoms with Gasteiger partial charge in [-0.05, 0) is 11.8 Å². The number of thioether (sulfide) groups is 3. The van der Waals surface area contributed by atoms with Crippen molar-refractivity contribution < 1.29 is 24.7 Å². The number of fused-ring (bicyclic) bond motifs is 1. The van der Waals surface area contributed by atoms with E-state index in [9.17, 15) is 24.7 Å². The predicted molar refractivity (Wildman–Crippen MR) is 145 cm³/mol. The molecule has 0 saturated carbocycles. The summed E-state index contributed by atoms with van der Waals surface area (Å²) in [5.41, 5.74) is 11.8. The number of carbonyl (C=O) groups excluding carboxylic acids is 2. The van der Waals surface area contributed by atoms with Crippen LogP contribution < -0.4 is 16.8 Å². The van der Waals surface area contributed by atoms with Crippen molar-refractivity contribution >= 4 is 86.9 Å². The summed E-state index contributed by atoms with van der Waals surface area (Å²) in [6.07, 6.45) is 3.25. The molecule has 7 N–H and O–H groups in total. The number of aromatic nitrogens is 2. The van der Waals surface area contributed by atoms with E-state index < -0.39 is 34.9 Å². The minimum absolute atomic E-state index is 0.0411. The summed E-state index contributed by atoms with van der Waals surface area (Å²) in [4.78, 5) is 48.4. The van der Waals surface area contributed by atoms with E-state index in [0.29, 0.717) is 4.91 Å². The minimum atomic E-state index is -1.27. The van der Waals surface area contributed by atoms with Crippen LogP contribution in [0.4, 0.5) is 5.13 Å². The summed E-state index contributed by atoms with van der Waals surface area (Å²) in [6.45, 7) is 1.98. The highest BCUT2D eigenvalue weighted by Crippen LogP contribution is 2.46. The number of β-lactam (4-membered cyclic amide) rings is 1. The maximum atomic E-state index is 13.0. The molecule has 2 amide bonds. The molecule has 0 aromatic carbocycles. The van der Waals surface area contributed by atoms with E-state index in [0.717, 1.165) is 32.4 Å². The number of rotatable bonds is 9. The number of hydrogen-bond acceptors (Lipinski definition) is 13. The van der Waals surface area contributed by atoms with Crippen molar-refractivity contribution in [3.8, 4) is 0 Å². The fourth-order valence-corrected chi connectivity index (χ4v) is 7.98. The Morgan fingerprint density at radius 3 is 2.84 bits per heavy atom. The molecule has 2 aromatic heterocycles. The van der Waals surface area contributed by atoms with Crippen LogP contribution in [-0.2, 0) is 14.4 Å². The van der Waals surface area contributed by atoms with Crippen LogP contribution in [0.5, 0.6) is 0 Å². The number of nitrogen functional groups attached to an aromatic ring is 1. The van der Waals surface area contributed by atoms with E-state index in [4.69, 9.17) is 23.1 Å². The summed E-state index contributed by atoms with van der Waals surface area (Å²) in [6, 6.07) is 0.711. The van der Waals surface area contributed by atoms with Crippen LogP contribution in [0, 0.1) is 0 Å². The van der Waals surface area contributed by atoms with E-state index in [1.54, 1.807) is 18.5 Å². The van der Waals surface area contributed by atoms with Crippen molar-refractivity contribution in [2.75, 3.05) is 17.2 Å². The van der Waals surface area contributed by atoms with Gasteiger partial charge in [0.15, 0.2) is 10.8 Å². The number of aliphatic carboxylic acids is 1. The fourth-order valence-electron chi connectivity index (χ4n) is 3.64. The lowest BCUT2D eigenvalue weighted by Crippen LogP contribution is -2.71. The van der Waals surface area contributed by atoms with Gasteiger partial charge < -0.3 is 27.1 Å². The highest BCUT2D eigenvalue weighted by molar-refractivity contribution is 8.06. The van der Waals surface area contributed by atoms with E-state index >= 15 is 0 Å². The summed E-state index contributed by atoms with van der Waals surface area (Å²) in [5, 5.41) is 23.8. The van der Waals surface area contributed by atoms with Crippen molar-refractivity contribution in [3.05, 3.63) is 44.7 Å². The van der Waals surface area contributed by atoms with Gasteiger partial charge in [-0.1, -0.05) is 46.8 Å². The number of anilines is 1. The fraction of sp³-hybridized carbons (Fsp3) is 0.300. The first-order valence-electron chi connectivity index (χ1n) is 10.5. The van der Waals surface area contributed by atoms with Crippen molar-refractivity contribution in [1.82, 2.24) is 20.2 Å². The topological polar surface area (TPSA) is 197 Å². The van der Waals surface area contributed by atoms with E-state index in [-0.39, 0.29) is 32.0 Å². The van der Waals surface area contributed by atoms with E-state index in [1.165, 1.54) is 35.3 Å². The minimum Gasteiger partial charge on any atom is -0.477 e. The molecule has 196 valence electrons. The van der Waals surface area contributed by atoms with Crippen molar-refractivity contribution in [1.29, 1.82) is 0 Å². The molecule has 1 saturated heterocycles. The Kier molecular flexibility index (Phi) is 8.55. The number of hydrogen-bond donors (Lipinski definition) is 5. The molecule has 0 spiro atoms. The first-order chi connectivity index (χ1) is 17.7. The van der Waals surface area contributed by atoms with Gasteiger partial charge in [0.2, 0.25) is 0 Å². The summed E-state index contributed by atoms with van der Waals surface area (Å²) in [5.74, 6) is -1.72. The molecule has 2 aliphatic heterocycles. The average molecular weight is 602 g/mol. The lowest BCUT2D eigenvalue weighted by atomic mass is 10.0. The number of thiazole rings is 1. The maximum Gasteiger partial charge on any atom is 0.353 e. The van der Waals surface area contributed by atoms with Gasteiger partial charge in [0.1, 0.15) is 27.1 Å². The molecule has 0 aliphatic carbocycles. The van der Waals surface area contributed by atoms with Gasteiger partial charge in [-0.25, -0.2) is 9.78 Å². The van der Waals surface area contributed by atoms with Gasteiger partial charge in [0.25, 0.3) is 11.8 Å². The van der Waals surface area contributed by atoms with Gasteiger partial charge in [-0.15, -0.1) is 23.5 Å². The first-order valence-corrected chi connectivity index (χ1v) is 14.6. The Morgan fingerprint density at radius 2 is 2.22 bits per heavy atom. The Bertz CT molecular complexity index is 1320. The van der Waals surface area contributed by atoms with Crippen LogP contribution in [0.2, 0.25) is 4.34 Å². The van der Waals surface area contributed by atoms with Crippen molar-refractivity contribution in [3.63, 3.8) is 0 Å². The highest BCUT2D eigenvalue weighted by Gasteiger charge is 2.54. The summed E-state index contributed by atoms with van der Waals surface area (Å²) >= 11 is 10.9. The average Bonchev–Trinajstić information content (AvgIpc) is 3.20. The lowest BCUT2D eigenvalue weighted by molar-refractivity contribution is -0.150. The Balaban J connectivity index is 1.55. The zero-order chi connectivity index (χ0) is 26.9. The van der Waals surface area contributed by atoms with Gasteiger partial charge >= 0.3 is 5.97 Å². The molecule has 4 heterocycles. The molecular formula is C20H20ClN7O5S4. The number of nitrogens with one attached hydrogen (secondary N) is 1. The molecule has 1 unspecified atom stereocenters. The number of pyridine rings is 1. The number of amides is 2. The van der Waals surface area contributed by atoms with Crippen LogP contribution in [0.25, 0.3) is 0 Å². The van der Waals surface area contributed by atoms with Gasteiger partial charge in [-0.2, -0.15) is 0 Å². The smallest absolute Gasteiger partial charge is 0.353 e. The van der Waals surface area contributed by atoms with Crippen LogP contribution in [0.3, 0.4) is 0 Å². The third-order valence-corrected chi connectivity index (χ3v) is 9.93. The zero-order valence-electron chi connectivity index (χ0n) is 19.0. The van der Waals surface area contributed by atoms with Gasteiger partial charge in [0, 0.05) is 33.5 Å². The number of nitrogens with zero attached hydrogens (tertiary/aromatic N) is 4. The highest BCUT2D eigenvalue weighted by atomic mass is 35.5. The van der Waals surface area contributed by atoms with Gasteiger partial charge in [0.05, 0.1) is 5.37 Å². The molecule has 17 heteroatoms. The lowest BCUT2D eigenvalue weighted by Gasteiger charge is -2.49. The number of nitrogens with two attached hydrogens (primary N) is 2. The molecule has 1 fully saturated rings.